The van der Waals surface area contributed by atoms with E-state index in [9.17, 15) is 9.59 Å². The molecule has 4 heteroatoms. The van der Waals surface area contributed by atoms with E-state index >= 15 is 0 Å². The Hall–Kier alpha value is -1.32. The van der Waals surface area contributed by atoms with Crippen molar-refractivity contribution in [2.24, 2.45) is 5.92 Å². The molecule has 0 saturated carbocycles. The van der Waals surface area contributed by atoms with Crippen molar-refractivity contribution in [1.82, 2.24) is 5.48 Å². The van der Waals surface area contributed by atoms with Crippen molar-refractivity contribution >= 4 is 11.9 Å². The molecule has 22 heavy (non-hydrogen) atoms. The van der Waals surface area contributed by atoms with Crippen molar-refractivity contribution < 1.29 is 14.4 Å². The Morgan fingerprint density at radius 3 is 2.09 bits per heavy atom. The third kappa shape index (κ3) is 11.4. The molecule has 1 atom stereocenters. The molecule has 0 aliphatic heterocycles. The number of nitrogens with one attached hydrogen (secondary N) is 1. The summed E-state index contributed by atoms with van der Waals surface area (Å²) < 4.78 is 0. The zero-order chi connectivity index (χ0) is 16.6. The van der Waals surface area contributed by atoms with Crippen LogP contribution in [0.2, 0.25) is 0 Å². The molecule has 128 valence electrons. The third-order valence-electron chi connectivity index (χ3n) is 3.83. The minimum absolute atomic E-state index is 0.0669. The molecule has 1 unspecified atom stereocenters. The van der Waals surface area contributed by atoms with Crippen LogP contribution in [0.25, 0.3) is 0 Å². The molecule has 0 fully saturated rings. The zero-order valence-electron chi connectivity index (χ0n) is 14.4. The fraction of sp³-hybridized carbons (Fsp3) is 0.778. The Bertz CT molecular complexity index is 315. The second kappa shape index (κ2) is 14.6. The van der Waals surface area contributed by atoms with Gasteiger partial charge in [0.05, 0.1) is 0 Å². The maximum Gasteiger partial charge on any atom is 0.355 e. The Balaban J connectivity index is 3.81. The number of unbranched alkanes of at least 4 members (excludes halogenated alkanes) is 7. The van der Waals surface area contributed by atoms with E-state index in [2.05, 4.69) is 30.7 Å². The minimum atomic E-state index is -0.629. The molecule has 0 aliphatic rings. The zero-order valence-corrected chi connectivity index (χ0v) is 14.4. The van der Waals surface area contributed by atoms with Crippen LogP contribution in [0.15, 0.2) is 12.7 Å². The molecular formula is C18H33NO3. The lowest BCUT2D eigenvalue weighted by atomic mass is 9.95. The minimum Gasteiger partial charge on any atom is -0.336 e. The normalized spacial score (nSPS) is 11.7. The number of carbonyl (C=O) groups is 2. The van der Waals surface area contributed by atoms with Crippen molar-refractivity contribution in [2.45, 2.75) is 84.5 Å². The van der Waals surface area contributed by atoms with E-state index in [4.69, 9.17) is 0 Å². The van der Waals surface area contributed by atoms with Crippen molar-refractivity contribution in [3.8, 4) is 0 Å². The van der Waals surface area contributed by atoms with Gasteiger partial charge < -0.3 is 4.84 Å². The Kier molecular flexibility index (Phi) is 13.7. The van der Waals surface area contributed by atoms with Gasteiger partial charge in [0.1, 0.15) is 0 Å². The molecular weight excluding hydrogens is 278 g/mol. The predicted octanol–water partition coefficient (Wildman–Crippen LogP) is 4.69. The van der Waals surface area contributed by atoms with E-state index in [1.165, 1.54) is 44.9 Å². The standard InChI is InChI=1S/C18H33NO3/c1-4-7-8-9-10-11-12-13-15-16(14-5-2)18(21)19-22-17(20)6-3/h6,16H,3-5,7-15H2,1-2H3,(H,19,21). The summed E-state index contributed by atoms with van der Waals surface area (Å²) in [5.41, 5.74) is 2.23. The SMILES string of the molecule is C=CC(=O)ONC(=O)C(CCC)CCCCCCCCCC. The van der Waals surface area contributed by atoms with Gasteiger partial charge in [-0.1, -0.05) is 78.2 Å². The van der Waals surface area contributed by atoms with E-state index in [1.807, 2.05) is 0 Å². The van der Waals surface area contributed by atoms with Gasteiger partial charge in [-0.25, -0.2) is 4.79 Å². The highest BCUT2D eigenvalue weighted by Crippen LogP contribution is 2.17. The largest absolute Gasteiger partial charge is 0.355 e. The molecule has 1 N–H and O–H groups in total. The Labute approximate surface area is 135 Å². The molecule has 0 radical (unpaired) electrons. The highest BCUT2D eigenvalue weighted by molar-refractivity contribution is 5.84. The number of hydrogen-bond acceptors (Lipinski definition) is 3. The summed E-state index contributed by atoms with van der Waals surface area (Å²) in [6, 6.07) is 0. The van der Waals surface area contributed by atoms with Crippen molar-refractivity contribution in [3.63, 3.8) is 0 Å². The lowest BCUT2D eigenvalue weighted by Gasteiger charge is -2.15. The van der Waals surface area contributed by atoms with Crippen LogP contribution in [0.4, 0.5) is 0 Å². The average molecular weight is 311 g/mol. The Morgan fingerprint density at radius 2 is 1.55 bits per heavy atom. The van der Waals surface area contributed by atoms with Crippen LogP contribution >= 0.6 is 0 Å². The molecule has 4 nitrogen and oxygen atoms in total. The highest BCUT2D eigenvalue weighted by Gasteiger charge is 2.18. The Morgan fingerprint density at radius 1 is 0.955 bits per heavy atom. The molecule has 0 aromatic carbocycles. The van der Waals surface area contributed by atoms with Crippen LogP contribution in [0, 0.1) is 5.92 Å². The summed E-state index contributed by atoms with van der Waals surface area (Å²) in [5, 5.41) is 0. The van der Waals surface area contributed by atoms with Crippen LogP contribution in [-0.4, -0.2) is 11.9 Å². The third-order valence-corrected chi connectivity index (χ3v) is 3.83. The van der Waals surface area contributed by atoms with Gasteiger partial charge in [-0.05, 0) is 12.8 Å². The van der Waals surface area contributed by atoms with Gasteiger partial charge >= 0.3 is 5.97 Å². The van der Waals surface area contributed by atoms with Crippen LogP contribution in [0.5, 0.6) is 0 Å². The molecule has 0 heterocycles. The first kappa shape index (κ1) is 20.7. The maximum atomic E-state index is 12.0. The summed E-state index contributed by atoms with van der Waals surface area (Å²) in [4.78, 5) is 27.5. The van der Waals surface area contributed by atoms with Crippen molar-refractivity contribution in [2.75, 3.05) is 0 Å². The van der Waals surface area contributed by atoms with Gasteiger partial charge in [-0.15, -0.1) is 0 Å². The van der Waals surface area contributed by atoms with E-state index in [0.717, 1.165) is 31.8 Å². The molecule has 0 aromatic heterocycles. The van der Waals surface area contributed by atoms with E-state index in [1.54, 1.807) is 0 Å². The predicted molar refractivity (Wildman–Crippen MR) is 90.1 cm³/mol. The van der Waals surface area contributed by atoms with Crippen molar-refractivity contribution in [1.29, 1.82) is 0 Å². The monoisotopic (exact) mass is 311 g/mol. The molecule has 0 rings (SSSR count). The average Bonchev–Trinajstić information content (AvgIpc) is 2.53. The second-order valence-corrected chi connectivity index (χ2v) is 5.84. The smallest absolute Gasteiger partial charge is 0.336 e. The van der Waals surface area contributed by atoms with Gasteiger partial charge in [0.2, 0.25) is 0 Å². The van der Waals surface area contributed by atoms with Gasteiger partial charge in [0.25, 0.3) is 5.91 Å². The number of hydroxylamine groups is 1. The fourth-order valence-electron chi connectivity index (χ4n) is 2.51. The first-order valence-corrected chi connectivity index (χ1v) is 8.78. The lowest BCUT2D eigenvalue weighted by molar-refractivity contribution is -0.155. The molecule has 0 aliphatic carbocycles. The quantitative estimate of drug-likeness (QED) is 0.305. The fourth-order valence-corrected chi connectivity index (χ4v) is 2.51. The second-order valence-electron chi connectivity index (χ2n) is 5.84. The maximum absolute atomic E-state index is 12.0. The molecule has 0 bridgehead atoms. The molecule has 1 amide bonds. The van der Waals surface area contributed by atoms with Gasteiger partial charge in [-0.2, -0.15) is 5.48 Å². The van der Waals surface area contributed by atoms with E-state index < -0.39 is 5.97 Å². The summed E-state index contributed by atoms with van der Waals surface area (Å²) in [5.74, 6) is -0.890. The van der Waals surface area contributed by atoms with Crippen LogP contribution in [-0.2, 0) is 14.4 Å². The summed E-state index contributed by atoms with van der Waals surface area (Å²) in [6.45, 7) is 7.58. The van der Waals surface area contributed by atoms with E-state index in [-0.39, 0.29) is 11.8 Å². The molecule has 0 saturated heterocycles. The first-order valence-electron chi connectivity index (χ1n) is 8.78. The van der Waals surface area contributed by atoms with Gasteiger partial charge in [0.15, 0.2) is 0 Å². The highest BCUT2D eigenvalue weighted by atomic mass is 16.7. The number of rotatable bonds is 13. The van der Waals surface area contributed by atoms with Gasteiger partial charge in [-0.3, -0.25) is 4.79 Å². The van der Waals surface area contributed by atoms with Crippen LogP contribution < -0.4 is 5.48 Å². The molecule has 0 spiro atoms. The number of carbonyl (C=O) groups excluding carboxylic acids is 2. The van der Waals surface area contributed by atoms with E-state index in [0.29, 0.717) is 0 Å². The first-order chi connectivity index (χ1) is 10.7. The van der Waals surface area contributed by atoms with Crippen LogP contribution in [0.1, 0.15) is 84.5 Å². The number of amides is 1. The number of hydrogen-bond donors (Lipinski definition) is 1. The van der Waals surface area contributed by atoms with Crippen LogP contribution in [0.3, 0.4) is 0 Å². The lowest BCUT2D eigenvalue weighted by Crippen LogP contribution is -2.32. The van der Waals surface area contributed by atoms with Gasteiger partial charge in [0, 0.05) is 12.0 Å². The summed E-state index contributed by atoms with van der Waals surface area (Å²) >= 11 is 0. The summed E-state index contributed by atoms with van der Waals surface area (Å²) in [7, 11) is 0. The topological polar surface area (TPSA) is 55.4 Å². The van der Waals surface area contributed by atoms with Crippen molar-refractivity contribution in [3.05, 3.63) is 12.7 Å². The summed E-state index contributed by atoms with van der Waals surface area (Å²) in [6.07, 6.45) is 13.7. The molecule has 0 aromatic rings.